The topological polar surface area (TPSA) is 44.8 Å². The Bertz CT molecular complexity index is 747. The van der Waals surface area contributed by atoms with Crippen LogP contribution in [0.3, 0.4) is 0 Å². The van der Waals surface area contributed by atoms with Crippen LogP contribution in [-0.2, 0) is 13.1 Å². The summed E-state index contributed by atoms with van der Waals surface area (Å²) < 4.78 is 5.90. The van der Waals surface area contributed by atoms with Gasteiger partial charge in [-0.3, -0.25) is 0 Å². The molecule has 1 N–H and O–H groups in total. The second kappa shape index (κ2) is 9.11. The average Bonchev–Trinajstić information content (AvgIpc) is 3.18. The fourth-order valence-electron chi connectivity index (χ4n) is 4.02. The van der Waals surface area contributed by atoms with E-state index in [1.165, 1.54) is 11.1 Å². The largest absolute Gasteiger partial charge is 0.493 e. The van der Waals surface area contributed by atoms with Gasteiger partial charge in [0.05, 0.1) is 6.61 Å². The molecule has 2 aromatic rings. The fourth-order valence-corrected chi connectivity index (χ4v) is 4.02. The Morgan fingerprint density at radius 2 is 1.61 bits per heavy atom. The number of hydrogen-bond donors (Lipinski definition) is 1. The molecule has 2 amide bonds. The van der Waals surface area contributed by atoms with Crippen LogP contribution in [0.4, 0.5) is 4.79 Å². The number of para-hydroxylation sites is 1. The molecule has 2 aliphatic heterocycles. The van der Waals surface area contributed by atoms with Crippen LogP contribution < -0.4 is 10.1 Å². The average molecular weight is 380 g/mol. The number of ether oxygens (including phenoxy) is 1. The van der Waals surface area contributed by atoms with E-state index in [4.69, 9.17) is 4.74 Å². The van der Waals surface area contributed by atoms with E-state index < -0.39 is 0 Å². The summed E-state index contributed by atoms with van der Waals surface area (Å²) >= 11 is 0. The molecule has 5 heteroatoms. The molecule has 0 radical (unpaired) electrons. The van der Waals surface area contributed by atoms with Crippen molar-refractivity contribution in [2.45, 2.75) is 25.9 Å². The summed E-state index contributed by atoms with van der Waals surface area (Å²) in [4.78, 5) is 16.7. The molecule has 148 valence electrons. The SMILES string of the molecule is O=C(NCCN1CCC(COc2ccccc2)CC1)N1Cc2ccccc2C1. The van der Waals surface area contributed by atoms with E-state index in [0.29, 0.717) is 12.5 Å². The summed E-state index contributed by atoms with van der Waals surface area (Å²) in [5.41, 5.74) is 2.52. The molecule has 0 spiro atoms. The minimum absolute atomic E-state index is 0.0438. The van der Waals surface area contributed by atoms with Gasteiger partial charge in [0.2, 0.25) is 0 Å². The first-order chi connectivity index (χ1) is 13.8. The summed E-state index contributed by atoms with van der Waals surface area (Å²) in [7, 11) is 0. The van der Waals surface area contributed by atoms with Crippen LogP contribution in [0.2, 0.25) is 0 Å². The molecule has 0 unspecified atom stereocenters. The standard InChI is InChI=1S/C23H29N3O2/c27-23(26-16-20-6-4-5-7-21(20)17-26)24-12-15-25-13-10-19(11-14-25)18-28-22-8-2-1-3-9-22/h1-9,19H,10-18H2,(H,24,27). The maximum absolute atomic E-state index is 12.4. The Morgan fingerprint density at radius 1 is 0.964 bits per heavy atom. The summed E-state index contributed by atoms with van der Waals surface area (Å²) in [6, 6.07) is 18.4. The van der Waals surface area contributed by atoms with Crippen LogP contribution >= 0.6 is 0 Å². The Kier molecular flexibility index (Phi) is 6.12. The Labute approximate surface area is 167 Å². The lowest BCUT2D eigenvalue weighted by molar-refractivity contribution is 0.141. The van der Waals surface area contributed by atoms with Gasteiger partial charge < -0.3 is 19.9 Å². The van der Waals surface area contributed by atoms with Gasteiger partial charge in [-0.05, 0) is 55.1 Å². The lowest BCUT2D eigenvalue weighted by Crippen LogP contribution is -2.43. The van der Waals surface area contributed by atoms with Crippen LogP contribution in [0.15, 0.2) is 54.6 Å². The zero-order chi connectivity index (χ0) is 19.2. The number of likely N-dealkylation sites (tertiary alicyclic amines) is 1. The molecule has 28 heavy (non-hydrogen) atoms. The van der Waals surface area contributed by atoms with Crippen molar-refractivity contribution in [1.29, 1.82) is 0 Å². The summed E-state index contributed by atoms with van der Waals surface area (Å²) in [5.74, 6) is 1.57. The lowest BCUT2D eigenvalue weighted by Gasteiger charge is -2.32. The van der Waals surface area contributed by atoms with Crippen molar-refractivity contribution in [2.75, 3.05) is 32.8 Å². The molecule has 1 saturated heterocycles. The highest BCUT2D eigenvalue weighted by atomic mass is 16.5. The smallest absolute Gasteiger partial charge is 0.318 e. The van der Waals surface area contributed by atoms with Gasteiger partial charge in [-0.25, -0.2) is 4.79 Å². The number of hydrogen-bond acceptors (Lipinski definition) is 3. The van der Waals surface area contributed by atoms with Crippen molar-refractivity contribution in [3.05, 3.63) is 65.7 Å². The van der Waals surface area contributed by atoms with Crippen molar-refractivity contribution in [3.63, 3.8) is 0 Å². The number of nitrogens with zero attached hydrogens (tertiary/aromatic N) is 2. The molecule has 4 rings (SSSR count). The highest BCUT2D eigenvalue weighted by molar-refractivity contribution is 5.75. The molecule has 2 heterocycles. The molecule has 0 saturated carbocycles. The minimum atomic E-state index is 0.0438. The van der Waals surface area contributed by atoms with E-state index in [-0.39, 0.29) is 6.03 Å². The Morgan fingerprint density at radius 3 is 2.29 bits per heavy atom. The first kappa shape index (κ1) is 18.8. The molecular weight excluding hydrogens is 350 g/mol. The second-order valence-electron chi connectivity index (χ2n) is 7.77. The van der Waals surface area contributed by atoms with Gasteiger partial charge in [0.15, 0.2) is 0 Å². The molecule has 2 aromatic carbocycles. The zero-order valence-electron chi connectivity index (χ0n) is 16.3. The summed E-state index contributed by atoms with van der Waals surface area (Å²) in [6.07, 6.45) is 2.31. The quantitative estimate of drug-likeness (QED) is 0.835. The van der Waals surface area contributed by atoms with Crippen molar-refractivity contribution in [1.82, 2.24) is 15.1 Å². The van der Waals surface area contributed by atoms with E-state index >= 15 is 0 Å². The van der Waals surface area contributed by atoms with E-state index in [2.05, 4.69) is 22.3 Å². The number of amides is 2. The number of piperidine rings is 1. The minimum Gasteiger partial charge on any atom is -0.493 e. The van der Waals surface area contributed by atoms with E-state index in [1.54, 1.807) is 0 Å². The van der Waals surface area contributed by atoms with Crippen LogP contribution in [-0.4, -0.2) is 48.6 Å². The first-order valence-corrected chi connectivity index (χ1v) is 10.3. The molecule has 0 atom stereocenters. The van der Waals surface area contributed by atoms with Gasteiger partial charge in [-0.15, -0.1) is 0 Å². The normalized spacial score (nSPS) is 17.4. The van der Waals surface area contributed by atoms with Gasteiger partial charge in [-0.1, -0.05) is 42.5 Å². The number of carbonyl (C=O) groups is 1. The summed E-state index contributed by atoms with van der Waals surface area (Å²) in [5, 5.41) is 3.09. The van der Waals surface area contributed by atoms with Crippen LogP contribution in [0.25, 0.3) is 0 Å². The molecule has 5 nitrogen and oxygen atoms in total. The third kappa shape index (κ3) is 4.84. The van der Waals surface area contributed by atoms with Gasteiger partial charge in [0.1, 0.15) is 5.75 Å². The molecule has 0 aromatic heterocycles. The Hall–Kier alpha value is -2.53. The van der Waals surface area contributed by atoms with Gasteiger partial charge in [0.25, 0.3) is 0 Å². The number of fused-ring (bicyclic) bond motifs is 1. The highest BCUT2D eigenvalue weighted by Gasteiger charge is 2.23. The predicted molar refractivity (Wildman–Crippen MR) is 110 cm³/mol. The number of benzene rings is 2. The fraction of sp³-hybridized carbons (Fsp3) is 0.435. The highest BCUT2D eigenvalue weighted by Crippen LogP contribution is 2.22. The van der Waals surface area contributed by atoms with Crippen molar-refractivity contribution < 1.29 is 9.53 Å². The number of nitrogens with one attached hydrogen (secondary N) is 1. The first-order valence-electron chi connectivity index (χ1n) is 10.3. The molecule has 0 bridgehead atoms. The van der Waals surface area contributed by atoms with Crippen molar-refractivity contribution in [3.8, 4) is 5.75 Å². The maximum atomic E-state index is 12.4. The maximum Gasteiger partial charge on any atom is 0.318 e. The van der Waals surface area contributed by atoms with E-state index in [0.717, 1.165) is 57.9 Å². The zero-order valence-corrected chi connectivity index (χ0v) is 16.3. The number of rotatable bonds is 6. The van der Waals surface area contributed by atoms with Crippen LogP contribution in [0.1, 0.15) is 24.0 Å². The number of carbonyl (C=O) groups excluding carboxylic acids is 1. The third-order valence-electron chi connectivity index (χ3n) is 5.77. The van der Waals surface area contributed by atoms with Crippen LogP contribution in [0, 0.1) is 5.92 Å². The van der Waals surface area contributed by atoms with Crippen molar-refractivity contribution >= 4 is 6.03 Å². The Balaban J connectivity index is 1.11. The molecule has 0 aliphatic carbocycles. The third-order valence-corrected chi connectivity index (χ3v) is 5.77. The lowest BCUT2D eigenvalue weighted by atomic mass is 9.98. The van der Waals surface area contributed by atoms with Crippen molar-refractivity contribution in [2.24, 2.45) is 5.92 Å². The van der Waals surface area contributed by atoms with Gasteiger partial charge in [-0.2, -0.15) is 0 Å². The number of urea groups is 1. The van der Waals surface area contributed by atoms with E-state index in [9.17, 15) is 4.79 Å². The van der Waals surface area contributed by atoms with Crippen LogP contribution in [0.5, 0.6) is 5.75 Å². The predicted octanol–water partition coefficient (Wildman–Crippen LogP) is 3.50. The molecule has 2 aliphatic rings. The summed E-state index contributed by atoms with van der Waals surface area (Å²) in [6.45, 7) is 6.01. The second-order valence-corrected chi connectivity index (χ2v) is 7.77. The molecule has 1 fully saturated rings. The molecular formula is C23H29N3O2. The monoisotopic (exact) mass is 379 g/mol. The van der Waals surface area contributed by atoms with E-state index in [1.807, 2.05) is 47.4 Å². The van der Waals surface area contributed by atoms with Gasteiger partial charge in [0, 0.05) is 26.2 Å². The van der Waals surface area contributed by atoms with Gasteiger partial charge >= 0.3 is 6.03 Å².